The van der Waals surface area contributed by atoms with E-state index in [1.54, 1.807) is 6.20 Å². The predicted molar refractivity (Wildman–Crippen MR) is 63.4 cm³/mol. The zero-order valence-electron chi connectivity index (χ0n) is 8.24. The third-order valence-electron chi connectivity index (χ3n) is 2.29. The lowest BCUT2D eigenvalue weighted by atomic mass is 10.2. The van der Waals surface area contributed by atoms with Gasteiger partial charge in [-0.3, -0.25) is 0 Å². The molecule has 0 radical (unpaired) electrons. The molecule has 0 atom stereocenters. The molecule has 1 heterocycles. The number of halogens is 1. The van der Waals surface area contributed by atoms with E-state index < -0.39 is 0 Å². The Bertz CT molecular complexity index is 573. The lowest BCUT2D eigenvalue weighted by Crippen LogP contribution is -1.82. The van der Waals surface area contributed by atoms with Crippen molar-refractivity contribution in [2.75, 3.05) is 0 Å². The van der Waals surface area contributed by atoms with Crippen molar-refractivity contribution < 1.29 is 0 Å². The molecule has 0 aliphatic heterocycles. The Labute approximate surface area is 93.2 Å². The Morgan fingerprint density at radius 1 is 1.47 bits per heavy atom. The highest BCUT2D eigenvalue weighted by molar-refractivity contribution is 6.32. The molecule has 0 aliphatic carbocycles. The second-order valence-electron chi connectivity index (χ2n) is 3.30. The van der Waals surface area contributed by atoms with Crippen LogP contribution in [0.15, 0.2) is 35.6 Å². The minimum atomic E-state index is 0.163. The molecule has 0 N–H and O–H groups in total. The molecule has 0 aliphatic rings. The zero-order chi connectivity index (χ0) is 10.8. The van der Waals surface area contributed by atoms with Crippen LogP contribution >= 0.6 is 11.6 Å². The number of aryl methyl sites for hydroxylation is 1. The highest BCUT2D eigenvalue weighted by atomic mass is 35.5. The molecule has 0 fully saturated rings. The fourth-order valence-corrected chi connectivity index (χ4v) is 1.74. The van der Waals surface area contributed by atoms with Gasteiger partial charge in [0.1, 0.15) is 0 Å². The van der Waals surface area contributed by atoms with E-state index in [2.05, 4.69) is 10.9 Å². The molecule has 0 bridgehead atoms. The Balaban J connectivity index is 2.69. The van der Waals surface area contributed by atoms with Gasteiger partial charge < -0.3 is 4.57 Å². The van der Waals surface area contributed by atoms with Gasteiger partial charge in [0.05, 0.1) is 12.1 Å². The van der Waals surface area contributed by atoms with Gasteiger partial charge in [0, 0.05) is 17.8 Å². The first-order valence-electron chi connectivity index (χ1n) is 4.53. The van der Waals surface area contributed by atoms with Crippen molar-refractivity contribution in [3.05, 3.63) is 52.6 Å². The summed E-state index contributed by atoms with van der Waals surface area (Å²) in [6.45, 7) is 8.82. The Kier molecular flexibility index (Phi) is 2.49. The number of rotatable bonds is 1. The third-order valence-corrected chi connectivity index (χ3v) is 2.47. The molecule has 1 aromatic heterocycles. The summed E-state index contributed by atoms with van der Waals surface area (Å²) in [6.07, 6.45) is 3.60. The highest BCUT2D eigenvalue weighted by Crippen LogP contribution is 2.21. The summed E-state index contributed by atoms with van der Waals surface area (Å²) in [4.78, 5) is 3.16. The summed E-state index contributed by atoms with van der Waals surface area (Å²) < 4.78 is 1.88. The monoisotopic (exact) mass is 216 g/mol. The molecule has 0 saturated carbocycles. The average molecular weight is 217 g/mol. The van der Waals surface area contributed by atoms with Crippen molar-refractivity contribution in [3.63, 3.8) is 0 Å². The first kappa shape index (κ1) is 9.82. The SMILES string of the molecule is [C-]#[N+]/C(Cl)=C/n1cc(C)c2ccccc21. The van der Waals surface area contributed by atoms with Crippen LogP contribution < -0.4 is 0 Å². The molecule has 0 spiro atoms. The molecule has 0 saturated heterocycles. The van der Waals surface area contributed by atoms with E-state index in [0.717, 1.165) is 5.52 Å². The van der Waals surface area contributed by atoms with Gasteiger partial charge in [0.25, 0.3) is 5.16 Å². The molecule has 2 aromatic rings. The number of hydrogen-bond acceptors (Lipinski definition) is 0. The van der Waals surface area contributed by atoms with E-state index in [4.69, 9.17) is 18.2 Å². The Hall–Kier alpha value is -1.72. The van der Waals surface area contributed by atoms with Crippen molar-refractivity contribution >= 4 is 28.7 Å². The van der Waals surface area contributed by atoms with Gasteiger partial charge in [-0.15, -0.1) is 11.6 Å². The first-order valence-corrected chi connectivity index (χ1v) is 4.91. The van der Waals surface area contributed by atoms with Gasteiger partial charge in [-0.1, -0.05) is 18.2 Å². The van der Waals surface area contributed by atoms with Crippen molar-refractivity contribution in [2.24, 2.45) is 0 Å². The average Bonchev–Trinajstić information content (AvgIpc) is 2.57. The molecule has 15 heavy (non-hydrogen) atoms. The lowest BCUT2D eigenvalue weighted by molar-refractivity contribution is 1.21. The van der Waals surface area contributed by atoms with E-state index >= 15 is 0 Å². The minimum absolute atomic E-state index is 0.163. The molecular weight excluding hydrogens is 208 g/mol. The van der Waals surface area contributed by atoms with E-state index in [0.29, 0.717) is 0 Å². The minimum Gasteiger partial charge on any atom is -0.332 e. The zero-order valence-corrected chi connectivity index (χ0v) is 8.99. The Morgan fingerprint density at radius 3 is 2.93 bits per heavy atom. The van der Waals surface area contributed by atoms with Gasteiger partial charge in [0.2, 0.25) is 0 Å². The first-order chi connectivity index (χ1) is 7.22. The van der Waals surface area contributed by atoms with Gasteiger partial charge in [0.15, 0.2) is 0 Å². The molecule has 0 unspecified atom stereocenters. The standard InChI is InChI=1S/C12H9ClN2/c1-9-7-15(8-12(13)14-2)11-6-4-3-5-10(9)11/h3-8H,1H3/b12-8+. The molecule has 1 aromatic carbocycles. The maximum atomic E-state index is 6.78. The maximum absolute atomic E-state index is 6.78. The second-order valence-corrected chi connectivity index (χ2v) is 3.69. The van der Waals surface area contributed by atoms with Crippen LogP contribution in [0.4, 0.5) is 0 Å². The van der Waals surface area contributed by atoms with Gasteiger partial charge in [-0.2, -0.15) is 0 Å². The van der Waals surface area contributed by atoms with Gasteiger partial charge in [-0.05, 0) is 18.6 Å². The van der Waals surface area contributed by atoms with Crippen molar-refractivity contribution in [2.45, 2.75) is 6.92 Å². The van der Waals surface area contributed by atoms with Crippen LogP contribution in [0.2, 0.25) is 0 Å². The molecule has 3 heteroatoms. The van der Waals surface area contributed by atoms with E-state index in [-0.39, 0.29) is 5.16 Å². The van der Waals surface area contributed by atoms with Crippen LogP contribution in [0.5, 0.6) is 0 Å². The number of nitrogens with zero attached hydrogens (tertiary/aromatic N) is 2. The fraction of sp³-hybridized carbons (Fsp3) is 0.0833. The second kappa shape index (κ2) is 3.80. The van der Waals surface area contributed by atoms with Crippen LogP contribution in [-0.4, -0.2) is 4.57 Å². The summed E-state index contributed by atoms with van der Waals surface area (Å²) in [5.74, 6) is 0. The Morgan fingerprint density at radius 2 is 2.20 bits per heavy atom. The van der Waals surface area contributed by atoms with Crippen LogP contribution in [0.1, 0.15) is 5.56 Å². The quantitative estimate of drug-likeness (QED) is 0.506. The van der Waals surface area contributed by atoms with Gasteiger partial charge >= 0.3 is 0 Å². The summed E-state index contributed by atoms with van der Waals surface area (Å²) in [5, 5.41) is 1.35. The molecule has 2 rings (SSSR count). The lowest BCUT2D eigenvalue weighted by Gasteiger charge is -1.96. The molecular formula is C12H9ClN2. The number of benzene rings is 1. The normalized spacial score (nSPS) is 11.7. The highest BCUT2D eigenvalue weighted by Gasteiger charge is 2.02. The van der Waals surface area contributed by atoms with E-state index in [1.807, 2.05) is 35.9 Å². The largest absolute Gasteiger partial charge is 0.332 e. The smallest absolute Gasteiger partial charge is 0.268 e. The number of aromatic nitrogens is 1. The molecule has 2 nitrogen and oxygen atoms in total. The summed E-state index contributed by atoms with van der Waals surface area (Å²) in [6, 6.07) is 8.03. The summed E-state index contributed by atoms with van der Waals surface area (Å²) in [5.41, 5.74) is 2.24. The van der Waals surface area contributed by atoms with Crippen molar-refractivity contribution in [3.8, 4) is 0 Å². The van der Waals surface area contributed by atoms with Crippen LogP contribution in [0, 0.1) is 13.5 Å². The number of fused-ring (bicyclic) bond motifs is 1. The van der Waals surface area contributed by atoms with Gasteiger partial charge in [-0.25, -0.2) is 4.85 Å². The van der Waals surface area contributed by atoms with Crippen molar-refractivity contribution in [1.82, 2.24) is 4.57 Å². The fourth-order valence-electron chi connectivity index (χ4n) is 1.63. The van der Waals surface area contributed by atoms with Crippen LogP contribution in [0.3, 0.4) is 0 Å². The molecule has 74 valence electrons. The topological polar surface area (TPSA) is 9.29 Å². The predicted octanol–water partition coefficient (Wildman–Crippen LogP) is 3.86. The van der Waals surface area contributed by atoms with E-state index in [9.17, 15) is 0 Å². The third kappa shape index (κ3) is 1.74. The van der Waals surface area contributed by atoms with Crippen LogP contribution in [-0.2, 0) is 0 Å². The maximum Gasteiger partial charge on any atom is 0.268 e. The summed E-state index contributed by atoms with van der Waals surface area (Å²) in [7, 11) is 0. The van der Waals surface area contributed by atoms with Crippen molar-refractivity contribution in [1.29, 1.82) is 0 Å². The van der Waals surface area contributed by atoms with E-state index in [1.165, 1.54) is 10.9 Å². The summed E-state index contributed by atoms with van der Waals surface area (Å²) >= 11 is 5.70. The molecule has 0 amide bonds. The number of hydrogen-bond donors (Lipinski definition) is 0. The van der Waals surface area contributed by atoms with Crippen LogP contribution in [0.25, 0.3) is 21.9 Å². The number of para-hydroxylation sites is 1.